The van der Waals surface area contributed by atoms with Crippen LogP contribution in [0.2, 0.25) is 0 Å². The number of likely N-dealkylation sites (tertiary alicyclic amines) is 1. The lowest BCUT2D eigenvalue weighted by Gasteiger charge is -2.41. The maximum atomic E-state index is 9.70. The van der Waals surface area contributed by atoms with Crippen molar-refractivity contribution in [3.8, 4) is 6.07 Å². The highest BCUT2D eigenvalue weighted by Crippen LogP contribution is 2.40. The number of piperidine rings is 1. The van der Waals surface area contributed by atoms with Gasteiger partial charge in [0.25, 0.3) is 0 Å². The highest BCUT2D eigenvalue weighted by molar-refractivity contribution is 5.20. The average molecular weight is 219 g/mol. The van der Waals surface area contributed by atoms with Gasteiger partial charge in [-0.05, 0) is 51.7 Å². The summed E-state index contributed by atoms with van der Waals surface area (Å²) in [4.78, 5) is 5.06. The predicted molar refractivity (Wildman–Crippen MR) is 63.0 cm³/mol. The minimum Gasteiger partial charge on any atom is -0.297 e. The minimum atomic E-state index is -0.128. The Labute approximate surface area is 98.0 Å². The van der Waals surface area contributed by atoms with Crippen LogP contribution in [-0.2, 0) is 0 Å². The molecule has 3 aliphatic heterocycles. The summed E-state index contributed by atoms with van der Waals surface area (Å²) in [6.07, 6.45) is 7.54. The molecule has 0 aromatic rings. The molecule has 0 amide bonds. The van der Waals surface area contributed by atoms with Gasteiger partial charge in [0.15, 0.2) is 0 Å². The van der Waals surface area contributed by atoms with Crippen LogP contribution in [0.3, 0.4) is 0 Å². The number of hydrogen-bond donors (Lipinski definition) is 0. The molecular weight excluding hydrogens is 198 g/mol. The SMILES string of the molecule is N#CC1(N2CCCC2)CCN2CCCCC21. The average Bonchev–Trinajstić information content (AvgIpc) is 2.97. The van der Waals surface area contributed by atoms with Crippen molar-refractivity contribution in [3.05, 3.63) is 0 Å². The Hall–Kier alpha value is -0.590. The fourth-order valence-electron chi connectivity index (χ4n) is 3.97. The largest absolute Gasteiger partial charge is 0.297 e. The lowest BCUT2D eigenvalue weighted by molar-refractivity contribution is 0.0882. The number of fused-ring (bicyclic) bond motifs is 1. The van der Waals surface area contributed by atoms with Gasteiger partial charge < -0.3 is 0 Å². The van der Waals surface area contributed by atoms with Crippen LogP contribution < -0.4 is 0 Å². The van der Waals surface area contributed by atoms with E-state index < -0.39 is 0 Å². The summed E-state index contributed by atoms with van der Waals surface area (Å²) in [6, 6.07) is 3.23. The van der Waals surface area contributed by atoms with E-state index >= 15 is 0 Å². The lowest BCUT2D eigenvalue weighted by Crippen LogP contribution is -2.56. The summed E-state index contributed by atoms with van der Waals surface area (Å²) in [5.74, 6) is 0. The van der Waals surface area contributed by atoms with Crippen LogP contribution >= 0.6 is 0 Å². The monoisotopic (exact) mass is 219 g/mol. The summed E-state index contributed by atoms with van der Waals surface area (Å²) >= 11 is 0. The zero-order chi connectivity index (χ0) is 11.0. The van der Waals surface area contributed by atoms with E-state index in [9.17, 15) is 5.26 Å². The van der Waals surface area contributed by atoms with Crippen molar-refractivity contribution in [1.82, 2.24) is 9.80 Å². The van der Waals surface area contributed by atoms with Crippen molar-refractivity contribution in [2.24, 2.45) is 0 Å². The van der Waals surface area contributed by atoms with Gasteiger partial charge in [0, 0.05) is 12.6 Å². The van der Waals surface area contributed by atoms with E-state index in [2.05, 4.69) is 15.9 Å². The molecule has 0 aliphatic carbocycles. The van der Waals surface area contributed by atoms with Gasteiger partial charge in [0.05, 0.1) is 6.07 Å². The Bertz CT molecular complexity index is 303. The van der Waals surface area contributed by atoms with Crippen LogP contribution in [0.15, 0.2) is 0 Å². The van der Waals surface area contributed by atoms with E-state index in [1.807, 2.05) is 0 Å². The predicted octanol–water partition coefficient (Wildman–Crippen LogP) is 1.60. The lowest BCUT2D eigenvalue weighted by atomic mass is 9.85. The molecule has 0 spiro atoms. The summed E-state index contributed by atoms with van der Waals surface area (Å²) in [6.45, 7) is 4.67. The molecule has 2 unspecified atom stereocenters. The second-order valence-electron chi connectivity index (χ2n) is 5.53. The molecule has 0 bridgehead atoms. The maximum absolute atomic E-state index is 9.70. The third kappa shape index (κ3) is 1.40. The molecule has 2 atom stereocenters. The minimum absolute atomic E-state index is 0.128. The maximum Gasteiger partial charge on any atom is 0.126 e. The van der Waals surface area contributed by atoms with Gasteiger partial charge >= 0.3 is 0 Å². The van der Waals surface area contributed by atoms with E-state index in [0.717, 1.165) is 26.1 Å². The molecular formula is C13H21N3. The van der Waals surface area contributed by atoms with E-state index in [1.54, 1.807) is 0 Å². The van der Waals surface area contributed by atoms with Gasteiger partial charge in [-0.15, -0.1) is 0 Å². The standard InChI is InChI=1S/C13H21N3/c14-11-13(16-8-3-4-9-16)6-10-15-7-2-1-5-12(13)15/h12H,1-10H2. The van der Waals surface area contributed by atoms with Gasteiger partial charge in [-0.25, -0.2) is 0 Å². The molecule has 16 heavy (non-hydrogen) atoms. The molecule has 3 heterocycles. The fourth-order valence-corrected chi connectivity index (χ4v) is 3.97. The molecule has 3 fully saturated rings. The number of nitrogens with zero attached hydrogens (tertiary/aromatic N) is 3. The fraction of sp³-hybridized carbons (Fsp3) is 0.923. The topological polar surface area (TPSA) is 30.3 Å². The van der Waals surface area contributed by atoms with Crippen LogP contribution in [0.4, 0.5) is 0 Å². The first kappa shape index (κ1) is 10.6. The quantitative estimate of drug-likeness (QED) is 0.671. The van der Waals surface area contributed by atoms with E-state index in [4.69, 9.17) is 0 Å². The molecule has 0 radical (unpaired) electrons. The molecule has 3 heteroatoms. The Kier molecular flexibility index (Phi) is 2.65. The molecule has 0 N–H and O–H groups in total. The van der Waals surface area contributed by atoms with Crippen molar-refractivity contribution >= 4 is 0 Å². The van der Waals surface area contributed by atoms with Crippen LogP contribution in [-0.4, -0.2) is 47.6 Å². The Balaban J connectivity index is 1.86. The van der Waals surface area contributed by atoms with Crippen molar-refractivity contribution in [3.63, 3.8) is 0 Å². The van der Waals surface area contributed by atoms with E-state index in [1.165, 1.54) is 38.6 Å². The first-order valence-corrected chi connectivity index (χ1v) is 6.77. The highest BCUT2D eigenvalue weighted by atomic mass is 15.3. The number of hydrogen-bond acceptors (Lipinski definition) is 3. The van der Waals surface area contributed by atoms with Crippen LogP contribution in [0.25, 0.3) is 0 Å². The van der Waals surface area contributed by atoms with Crippen molar-refractivity contribution in [2.45, 2.75) is 50.1 Å². The molecule has 0 saturated carbocycles. The molecule has 0 aromatic heterocycles. The molecule has 0 aromatic carbocycles. The van der Waals surface area contributed by atoms with Gasteiger partial charge in [-0.3, -0.25) is 9.80 Å². The zero-order valence-corrected chi connectivity index (χ0v) is 9.99. The smallest absolute Gasteiger partial charge is 0.126 e. The van der Waals surface area contributed by atoms with Crippen LogP contribution in [0, 0.1) is 11.3 Å². The zero-order valence-electron chi connectivity index (χ0n) is 9.99. The second kappa shape index (κ2) is 4.01. The Morgan fingerprint density at radius 2 is 1.75 bits per heavy atom. The third-order valence-corrected chi connectivity index (χ3v) is 4.81. The van der Waals surface area contributed by atoms with Crippen LogP contribution in [0.1, 0.15) is 38.5 Å². The summed E-state index contributed by atoms with van der Waals surface area (Å²) in [5.41, 5.74) is -0.128. The third-order valence-electron chi connectivity index (χ3n) is 4.81. The molecule has 3 nitrogen and oxygen atoms in total. The molecule has 88 valence electrons. The molecule has 3 saturated heterocycles. The summed E-state index contributed by atoms with van der Waals surface area (Å²) < 4.78 is 0. The van der Waals surface area contributed by atoms with Crippen LogP contribution in [0.5, 0.6) is 0 Å². The Morgan fingerprint density at radius 1 is 1.00 bits per heavy atom. The number of nitriles is 1. The van der Waals surface area contributed by atoms with E-state index in [-0.39, 0.29) is 5.54 Å². The van der Waals surface area contributed by atoms with Gasteiger partial charge in [-0.2, -0.15) is 5.26 Å². The van der Waals surface area contributed by atoms with Crippen molar-refractivity contribution in [1.29, 1.82) is 5.26 Å². The number of rotatable bonds is 1. The molecule has 3 aliphatic rings. The van der Waals surface area contributed by atoms with Gasteiger partial charge in [0.1, 0.15) is 5.54 Å². The van der Waals surface area contributed by atoms with Gasteiger partial charge in [0.2, 0.25) is 0 Å². The summed E-state index contributed by atoms with van der Waals surface area (Å²) in [7, 11) is 0. The molecule has 3 rings (SSSR count). The Morgan fingerprint density at radius 3 is 2.50 bits per heavy atom. The highest BCUT2D eigenvalue weighted by Gasteiger charge is 2.52. The van der Waals surface area contributed by atoms with E-state index in [0.29, 0.717) is 6.04 Å². The normalized spacial score (nSPS) is 40.8. The van der Waals surface area contributed by atoms with Crippen molar-refractivity contribution < 1.29 is 0 Å². The second-order valence-corrected chi connectivity index (χ2v) is 5.53. The first-order valence-electron chi connectivity index (χ1n) is 6.77. The van der Waals surface area contributed by atoms with Gasteiger partial charge in [-0.1, -0.05) is 6.42 Å². The van der Waals surface area contributed by atoms with Crippen molar-refractivity contribution in [2.75, 3.05) is 26.2 Å². The first-order chi connectivity index (χ1) is 7.87. The summed E-state index contributed by atoms with van der Waals surface area (Å²) in [5, 5.41) is 9.70.